The molecule has 0 spiro atoms. The van der Waals surface area contributed by atoms with E-state index >= 15 is 0 Å². The summed E-state index contributed by atoms with van der Waals surface area (Å²) in [5.74, 6) is 0.269. The third-order valence-corrected chi connectivity index (χ3v) is 9.76. The van der Waals surface area contributed by atoms with Crippen LogP contribution in [0.4, 0.5) is 0 Å². The Morgan fingerprint density at radius 3 is 2.74 bits per heavy atom. The van der Waals surface area contributed by atoms with Gasteiger partial charge in [-0.1, -0.05) is 69.4 Å². The zero-order valence-corrected chi connectivity index (χ0v) is 17.3. The minimum Gasteiger partial charge on any atom is -0.480 e. The molecule has 134 valence electrons. The van der Waals surface area contributed by atoms with E-state index in [0.29, 0.717) is 11.0 Å². The van der Waals surface area contributed by atoms with Crippen LogP contribution in [0.1, 0.15) is 52.9 Å². The molecule has 0 saturated carbocycles. The van der Waals surface area contributed by atoms with Crippen LogP contribution in [0, 0.1) is 0 Å². The Kier molecular flexibility index (Phi) is 10.3. The van der Waals surface area contributed by atoms with Crippen molar-refractivity contribution in [3.05, 3.63) is 0 Å². The van der Waals surface area contributed by atoms with Gasteiger partial charge in [0.2, 0.25) is 5.91 Å². The lowest BCUT2D eigenvalue weighted by molar-refractivity contribution is -0.141. The van der Waals surface area contributed by atoms with E-state index < -0.39 is 16.8 Å². The van der Waals surface area contributed by atoms with Gasteiger partial charge in [0, 0.05) is 16.8 Å². The molecule has 1 heterocycles. The molecule has 1 aliphatic rings. The number of carboxylic acid groups (broad SMARTS) is 1. The minimum absolute atomic E-state index is 0.194. The number of hydrogen-bond acceptors (Lipinski definition) is 6. The minimum atomic E-state index is -0.964. The average molecular weight is 398 g/mol. The van der Waals surface area contributed by atoms with Crippen molar-refractivity contribution < 1.29 is 14.7 Å². The van der Waals surface area contributed by atoms with Crippen LogP contribution in [-0.4, -0.2) is 44.5 Å². The van der Waals surface area contributed by atoms with Crippen LogP contribution in [0.2, 0.25) is 0 Å². The van der Waals surface area contributed by atoms with E-state index in [1.54, 1.807) is 43.2 Å². The Hall–Kier alpha value is 0.340. The quantitative estimate of drug-likeness (QED) is 0.525. The highest BCUT2D eigenvalue weighted by Gasteiger charge is 2.33. The molecule has 0 bridgehead atoms. The Morgan fingerprint density at radius 2 is 2.09 bits per heavy atom. The summed E-state index contributed by atoms with van der Waals surface area (Å²) in [7, 11) is 6.62. The molecule has 4 nitrogen and oxygen atoms in total. The molecule has 1 saturated heterocycles. The molecule has 0 aromatic rings. The van der Waals surface area contributed by atoms with Crippen LogP contribution in [-0.2, 0) is 9.59 Å². The van der Waals surface area contributed by atoms with Crippen molar-refractivity contribution in [1.82, 2.24) is 5.32 Å². The van der Waals surface area contributed by atoms with E-state index in [4.69, 9.17) is 0 Å². The highest BCUT2D eigenvalue weighted by Crippen LogP contribution is 2.42. The van der Waals surface area contributed by atoms with Gasteiger partial charge in [-0.05, 0) is 26.7 Å². The Labute approximate surface area is 155 Å². The van der Waals surface area contributed by atoms with Gasteiger partial charge in [0.1, 0.15) is 6.04 Å². The van der Waals surface area contributed by atoms with E-state index in [9.17, 15) is 14.7 Å². The summed E-state index contributed by atoms with van der Waals surface area (Å²) in [6.45, 7) is 5.95. The molecule has 0 aromatic heterocycles. The summed E-state index contributed by atoms with van der Waals surface area (Å²) >= 11 is 0. The molecule has 1 rings (SSSR count). The smallest absolute Gasteiger partial charge is 0.327 e. The van der Waals surface area contributed by atoms with Gasteiger partial charge in [-0.2, -0.15) is 0 Å². The Morgan fingerprint density at radius 1 is 1.35 bits per heavy atom. The highest BCUT2D eigenvalue weighted by molar-refractivity contribution is 8.77. The van der Waals surface area contributed by atoms with Gasteiger partial charge in [0.15, 0.2) is 0 Å². The molecular formula is C15H27NO3S4. The number of aliphatic carboxylic acids is 1. The van der Waals surface area contributed by atoms with E-state index in [0.717, 1.165) is 12.2 Å². The van der Waals surface area contributed by atoms with Crippen LogP contribution in [0.25, 0.3) is 0 Å². The second-order valence-corrected chi connectivity index (χ2v) is 11.8. The fourth-order valence-electron chi connectivity index (χ4n) is 1.95. The lowest BCUT2D eigenvalue weighted by Gasteiger charge is -2.27. The van der Waals surface area contributed by atoms with E-state index in [1.807, 2.05) is 13.8 Å². The monoisotopic (exact) mass is 397 g/mol. The molecule has 23 heavy (non-hydrogen) atoms. The van der Waals surface area contributed by atoms with Crippen LogP contribution in [0.5, 0.6) is 0 Å². The van der Waals surface area contributed by atoms with Gasteiger partial charge in [0.25, 0.3) is 0 Å². The van der Waals surface area contributed by atoms with Crippen molar-refractivity contribution in [3.63, 3.8) is 0 Å². The topological polar surface area (TPSA) is 66.4 Å². The van der Waals surface area contributed by atoms with Gasteiger partial charge in [-0.15, -0.1) is 0 Å². The molecule has 0 aromatic carbocycles. The Balaban J connectivity index is 2.68. The first-order chi connectivity index (χ1) is 10.9. The third kappa shape index (κ3) is 8.31. The number of nitrogens with one attached hydrogen (secondary N) is 1. The molecule has 2 N–H and O–H groups in total. The maximum atomic E-state index is 12.4. The summed E-state index contributed by atoms with van der Waals surface area (Å²) in [5, 5.41) is 12.5. The lowest BCUT2D eigenvalue weighted by Crippen LogP contribution is -2.49. The van der Waals surface area contributed by atoms with Gasteiger partial charge in [0.05, 0.1) is 4.75 Å². The van der Waals surface area contributed by atoms with Gasteiger partial charge in [-0.3, -0.25) is 4.79 Å². The van der Waals surface area contributed by atoms with E-state index in [1.165, 1.54) is 25.7 Å². The third-order valence-electron chi connectivity index (χ3n) is 3.51. The first kappa shape index (κ1) is 21.4. The average Bonchev–Trinajstić information content (AvgIpc) is 2.49. The van der Waals surface area contributed by atoms with Crippen LogP contribution in [0.3, 0.4) is 0 Å². The molecule has 0 unspecified atom stereocenters. The fourth-order valence-corrected chi connectivity index (χ4v) is 7.32. The standard InChI is InChI=1S/C15H27NO3S4/c1-4-5-6-7-11-8-9-20-21-10-12(13(17)18)16-14(19)15(2,3)23-22-11/h11-12H,4-10H2,1-3H3,(H,16,19)(H,17,18)/t11-,12-/m1/s1. The maximum Gasteiger partial charge on any atom is 0.327 e. The normalized spacial score (nSPS) is 26.7. The number of rotatable bonds is 5. The number of amides is 1. The zero-order valence-electron chi connectivity index (χ0n) is 14.0. The second-order valence-electron chi connectivity index (χ2n) is 6.07. The fraction of sp³-hybridized carbons (Fsp3) is 0.867. The van der Waals surface area contributed by atoms with Crippen molar-refractivity contribution >= 4 is 55.1 Å². The number of unbranched alkanes of at least 4 members (excludes halogenated alkanes) is 2. The van der Waals surface area contributed by atoms with Crippen LogP contribution >= 0.6 is 43.2 Å². The first-order valence-electron chi connectivity index (χ1n) is 7.99. The molecule has 2 atom stereocenters. The summed E-state index contributed by atoms with van der Waals surface area (Å²) in [5.41, 5.74) is 0. The van der Waals surface area contributed by atoms with E-state index in [-0.39, 0.29) is 5.91 Å². The molecule has 1 fully saturated rings. The summed E-state index contributed by atoms with van der Waals surface area (Å²) in [4.78, 5) is 23.7. The summed E-state index contributed by atoms with van der Waals surface area (Å²) < 4.78 is -0.627. The number of carbonyl (C=O) groups is 2. The predicted molar refractivity (Wildman–Crippen MR) is 106 cm³/mol. The number of carboxylic acids is 1. The van der Waals surface area contributed by atoms with E-state index in [2.05, 4.69) is 12.2 Å². The molecule has 0 aliphatic carbocycles. The summed E-state index contributed by atoms with van der Waals surface area (Å²) in [6.07, 6.45) is 6.01. The van der Waals surface area contributed by atoms with Crippen molar-refractivity contribution in [1.29, 1.82) is 0 Å². The molecule has 8 heteroatoms. The van der Waals surface area contributed by atoms with Gasteiger partial charge < -0.3 is 10.4 Å². The largest absolute Gasteiger partial charge is 0.480 e. The Bertz CT molecular complexity index is 393. The SMILES string of the molecule is CCCCC[C@@H]1CCSSC[C@H](C(=O)O)NC(=O)C(C)(C)SS1. The second kappa shape index (κ2) is 11.1. The van der Waals surface area contributed by atoms with Crippen LogP contribution in [0.15, 0.2) is 0 Å². The highest BCUT2D eigenvalue weighted by atomic mass is 33.1. The van der Waals surface area contributed by atoms with Gasteiger partial charge in [-0.25, -0.2) is 4.79 Å². The molecular weight excluding hydrogens is 370 g/mol. The molecule has 0 radical (unpaired) electrons. The molecule has 1 amide bonds. The predicted octanol–water partition coefficient (Wildman–Crippen LogP) is 4.45. The first-order valence-corrected chi connectivity index (χ1v) is 12.7. The van der Waals surface area contributed by atoms with Gasteiger partial charge >= 0.3 is 5.97 Å². The molecule has 1 aliphatic heterocycles. The summed E-state index contributed by atoms with van der Waals surface area (Å²) in [6, 6.07) is -0.815. The number of carbonyl (C=O) groups excluding carboxylic acids is 1. The van der Waals surface area contributed by atoms with Crippen molar-refractivity contribution in [2.75, 3.05) is 11.5 Å². The lowest BCUT2D eigenvalue weighted by atomic mass is 10.1. The van der Waals surface area contributed by atoms with Crippen LogP contribution < -0.4 is 5.32 Å². The van der Waals surface area contributed by atoms with Crippen molar-refractivity contribution in [2.45, 2.75) is 68.9 Å². The zero-order chi connectivity index (χ0) is 17.3. The maximum absolute atomic E-state index is 12.4. The van der Waals surface area contributed by atoms with Crippen molar-refractivity contribution in [3.8, 4) is 0 Å². The van der Waals surface area contributed by atoms with Crippen molar-refractivity contribution in [2.24, 2.45) is 0 Å². The number of hydrogen-bond donors (Lipinski definition) is 2.